The van der Waals surface area contributed by atoms with Crippen LogP contribution in [0.15, 0.2) is 39.9 Å². The van der Waals surface area contributed by atoms with E-state index in [0.29, 0.717) is 0 Å². The van der Waals surface area contributed by atoms with Crippen LogP contribution in [-0.4, -0.2) is 31.1 Å². The van der Waals surface area contributed by atoms with Crippen molar-refractivity contribution >= 4 is 57.2 Å². The molecule has 0 spiro atoms. The van der Waals surface area contributed by atoms with Crippen molar-refractivity contribution in [2.75, 3.05) is 20.1 Å². The quantitative estimate of drug-likeness (QED) is 0.330. The molecule has 25 heavy (non-hydrogen) atoms. The molecule has 1 aliphatic rings. The SMILES string of the molecule is CN=C(NCCc1ncc(C)s1)NCC1(c2ccccc2Br)CC1.I. The molecular formula is C18H24BrIN4S. The highest BCUT2D eigenvalue weighted by Crippen LogP contribution is 2.49. The number of nitrogens with zero attached hydrogens (tertiary/aromatic N) is 2. The van der Waals surface area contributed by atoms with Crippen LogP contribution in [0.1, 0.15) is 28.3 Å². The molecule has 0 amide bonds. The highest BCUT2D eigenvalue weighted by atomic mass is 127. The van der Waals surface area contributed by atoms with Crippen LogP contribution in [0.5, 0.6) is 0 Å². The summed E-state index contributed by atoms with van der Waals surface area (Å²) >= 11 is 5.44. The van der Waals surface area contributed by atoms with E-state index in [1.54, 1.807) is 11.3 Å². The van der Waals surface area contributed by atoms with Crippen molar-refractivity contribution in [3.63, 3.8) is 0 Å². The molecule has 7 heteroatoms. The first-order valence-electron chi connectivity index (χ1n) is 8.24. The lowest BCUT2D eigenvalue weighted by Crippen LogP contribution is -2.42. The number of benzene rings is 1. The zero-order chi connectivity index (χ0) is 17.0. The smallest absolute Gasteiger partial charge is 0.191 e. The Balaban J connectivity index is 0.00000225. The van der Waals surface area contributed by atoms with E-state index in [9.17, 15) is 0 Å². The number of hydrogen-bond donors (Lipinski definition) is 2. The van der Waals surface area contributed by atoms with Crippen LogP contribution in [0.4, 0.5) is 0 Å². The minimum Gasteiger partial charge on any atom is -0.356 e. The molecule has 2 N–H and O–H groups in total. The van der Waals surface area contributed by atoms with E-state index in [0.717, 1.165) is 25.5 Å². The van der Waals surface area contributed by atoms with Crippen molar-refractivity contribution in [2.45, 2.75) is 31.6 Å². The number of rotatable bonds is 6. The Labute approximate surface area is 179 Å². The molecule has 1 aromatic carbocycles. The predicted molar refractivity (Wildman–Crippen MR) is 120 cm³/mol. The second-order valence-electron chi connectivity index (χ2n) is 6.23. The minimum absolute atomic E-state index is 0. The summed E-state index contributed by atoms with van der Waals surface area (Å²) in [6.45, 7) is 3.84. The fourth-order valence-corrected chi connectivity index (χ4v) is 4.35. The van der Waals surface area contributed by atoms with Crippen LogP contribution < -0.4 is 10.6 Å². The van der Waals surface area contributed by atoms with Gasteiger partial charge in [-0.05, 0) is 31.4 Å². The highest BCUT2D eigenvalue weighted by molar-refractivity contribution is 14.0. The van der Waals surface area contributed by atoms with Crippen LogP contribution >= 0.6 is 51.2 Å². The maximum absolute atomic E-state index is 4.40. The summed E-state index contributed by atoms with van der Waals surface area (Å²) in [4.78, 5) is 9.99. The molecule has 2 aromatic rings. The number of aryl methyl sites for hydroxylation is 1. The van der Waals surface area contributed by atoms with Gasteiger partial charge in [-0.15, -0.1) is 35.3 Å². The number of thiazole rings is 1. The first-order chi connectivity index (χ1) is 11.6. The Morgan fingerprint density at radius 1 is 1.32 bits per heavy atom. The molecule has 0 unspecified atom stereocenters. The predicted octanol–water partition coefficient (Wildman–Crippen LogP) is 4.27. The number of aliphatic imine (C=N–C) groups is 1. The Kier molecular flexibility index (Phi) is 7.69. The van der Waals surface area contributed by atoms with Gasteiger partial charge in [-0.2, -0.15) is 0 Å². The van der Waals surface area contributed by atoms with Gasteiger partial charge < -0.3 is 10.6 Å². The van der Waals surface area contributed by atoms with Gasteiger partial charge >= 0.3 is 0 Å². The maximum Gasteiger partial charge on any atom is 0.191 e. The average Bonchev–Trinajstić information content (AvgIpc) is 3.26. The first kappa shape index (κ1) is 20.6. The van der Waals surface area contributed by atoms with Crippen LogP contribution in [-0.2, 0) is 11.8 Å². The van der Waals surface area contributed by atoms with Crippen molar-refractivity contribution in [2.24, 2.45) is 4.99 Å². The van der Waals surface area contributed by atoms with Crippen molar-refractivity contribution in [3.8, 4) is 0 Å². The van der Waals surface area contributed by atoms with Gasteiger partial charge in [-0.25, -0.2) is 4.98 Å². The van der Waals surface area contributed by atoms with Gasteiger partial charge in [0.05, 0.1) is 5.01 Å². The third kappa shape index (κ3) is 5.40. The Bertz CT molecular complexity index is 727. The molecule has 0 radical (unpaired) electrons. The molecule has 0 bridgehead atoms. The molecule has 136 valence electrons. The lowest BCUT2D eigenvalue weighted by molar-refractivity contribution is 0.643. The van der Waals surface area contributed by atoms with Gasteiger partial charge in [-0.1, -0.05) is 34.1 Å². The van der Waals surface area contributed by atoms with E-state index >= 15 is 0 Å². The zero-order valence-corrected chi connectivity index (χ0v) is 19.2. The number of nitrogens with one attached hydrogen (secondary N) is 2. The molecule has 0 aliphatic heterocycles. The van der Waals surface area contributed by atoms with Crippen molar-refractivity contribution in [1.82, 2.24) is 15.6 Å². The van der Waals surface area contributed by atoms with Crippen molar-refractivity contribution in [3.05, 3.63) is 50.4 Å². The summed E-state index contributed by atoms with van der Waals surface area (Å²) in [5.41, 5.74) is 1.63. The van der Waals surface area contributed by atoms with Crippen molar-refractivity contribution < 1.29 is 0 Å². The van der Waals surface area contributed by atoms with E-state index in [1.807, 2.05) is 13.2 Å². The fourth-order valence-electron chi connectivity index (χ4n) is 2.86. The zero-order valence-electron chi connectivity index (χ0n) is 14.5. The van der Waals surface area contributed by atoms with Gasteiger partial charge in [0.25, 0.3) is 0 Å². The summed E-state index contributed by atoms with van der Waals surface area (Å²) in [6.07, 6.45) is 5.30. The second-order valence-corrected chi connectivity index (χ2v) is 8.40. The fraction of sp³-hybridized carbons (Fsp3) is 0.444. The van der Waals surface area contributed by atoms with Crippen molar-refractivity contribution in [1.29, 1.82) is 0 Å². The highest BCUT2D eigenvalue weighted by Gasteiger charge is 2.45. The number of halogens is 2. The monoisotopic (exact) mass is 534 g/mol. The van der Waals surface area contributed by atoms with E-state index in [4.69, 9.17) is 0 Å². The molecule has 3 rings (SSSR count). The molecule has 1 fully saturated rings. The van der Waals surface area contributed by atoms with E-state index in [1.165, 1.54) is 32.8 Å². The van der Waals surface area contributed by atoms with Gasteiger partial charge in [0.2, 0.25) is 0 Å². The van der Waals surface area contributed by atoms with E-state index < -0.39 is 0 Å². The Morgan fingerprint density at radius 2 is 2.08 bits per heavy atom. The molecule has 1 aliphatic carbocycles. The molecular weight excluding hydrogens is 511 g/mol. The Hall–Kier alpha value is -0.670. The van der Waals surface area contributed by atoms with E-state index in [2.05, 4.69) is 67.7 Å². The number of guanidine groups is 1. The van der Waals surface area contributed by atoms with Gasteiger partial charge in [0, 0.05) is 47.5 Å². The van der Waals surface area contributed by atoms with Gasteiger partial charge in [-0.3, -0.25) is 4.99 Å². The third-order valence-corrected chi connectivity index (χ3v) is 6.08. The Morgan fingerprint density at radius 3 is 2.68 bits per heavy atom. The topological polar surface area (TPSA) is 49.3 Å². The lowest BCUT2D eigenvalue weighted by atomic mass is 9.96. The molecule has 1 aromatic heterocycles. The normalized spacial score (nSPS) is 15.4. The summed E-state index contributed by atoms with van der Waals surface area (Å²) in [5, 5.41) is 8.05. The molecule has 1 heterocycles. The van der Waals surface area contributed by atoms with Crippen LogP contribution in [0.3, 0.4) is 0 Å². The van der Waals surface area contributed by atoms with Crippen LogP contribution in [0.25, 0.3) is 0 Å². The number of aromatic nitrogens is 1. The van der Waals surface area contributed by atoms with Crippen LogP contribution in [0.2, 0.25) is 0 Å². The van der Waals surface area contributed by atoms with Crippen LogP contribution in [0, 0.1) is 6.92 Å². The summed E-state index contributed by atoms with van der Waals surface area (Å²) < 4.78 is 1.20. The largest absolute Gasteiger partial charge is 0.356 e. The standard InChI is InChI=1S/C18H23BrN4S.HI/c1-13-11-22-16(24-13)7-10-21-17(20-2)23-12-18(8-9-18)14-5-3-4-6-15(14)19;/h3-6,11H,7-10,12H2,1-2H3,(H2,20,21,23);1H. The molecule has 4 nitrogen and oxygen atoms in total. The number of hydrogen-bond acceptors (Lipinski definition) is 3. The summed E-state index contributed by atoms with van der Waals surface area (Å²) in [7, 11) is 1.82. The van der Waals surface area contributed by atoms with Gasteiger partial charge in [0.1, 0.15) is 0 Å². The maximum atomic E-state index is 4.40. The minimum atomic E-state index is 0. The lowest BCUT2D eigenvalue weighted by Gasteiger charge is -2.20. The molecule has 0 atom stereocenters. The molecule has 0 saturated heterocycles. The van der Waals surface area contributed by atoms with Gasteiger partial charge in [0.15, 0.2) is 5.96 Å². The molecule has 1 saturated carbocycles. The second kappa shape index (κ2) is 9.32. The average molecular weight is 535 g/mol. The third-order valence-electron chi connectivity index (χ3n) is 4.42. The first-order valence-corrected chi connectivity index (χ1v) is 9.85. The summed E-state index contributed by atoms with van der Waals surface area (Å²) in [6, 6.07) is 8.53. The summed E-state index contributed by atoms with van der Waals surface area (Å²) in [5.74, 6) is 0.863. The van der Waals surface area contributed by atoms with E-state index in [-0.39, 0.29) is 29.4 Å².